The second kappa shape index (κ2) is 8.35. The topological polar surface area (TPSA) is 45.3 Å². The van der Waals surface area contributed by atoms with Gasteiger partial charge in [-0.1, -0.05) is 25.1 Å². The quantitative estimate of drug-likeness (QED) is 0.294. The summed E-state index contributed by atoms with van der Waals surface area (Å²) in [5.41, 5.74) is 5.97. The maximum absolute atomic E-state index is 5.18. The average molecular weight is 289 g/mol. The molecule has 0 unspecified atom stereocenters. The van der Waals surface area contributed by atoms with Crippen LogP contribution < -0.4 is 16.1 Å². The summed E-state index contributed by atoms with van der Waals surface area (Å²) in [5, 5.41) is 6.60. The molecule has 0 radical (unpaired) electrons. The molecule has 3 N–H and O–H groups in total. The zero-order valence-electron chi connectivity index (χ0n) is 11.4. The van der Waals surface area contributed by atoms with Gasteiger partial charge in [0.25, 0.3) is 0 Å². The lowest BCUT2D eigenvalue weighted by Gasteiger charge is -2.10. The zero-order chi connectivity index (χ0) is 14.0. The van der Waals surface area contributed by atoms with Crippen molar-refractivity contribution in [2.75, 3.05) is 28.5 Å². The molecule has 0 aromatic heterocycles. The summed E-state index contributed by atoms with van der Waals surface area (Å²) < 4.78 is 5.18. The van der Waals surface area contributed by atoms with Gasteiger partial charge in [-0.3, -0.25) is 5.48 Å². The highest BCUT2D eigenvalue weighted by Crippen LogP contribution is 2.15. The minimum Gasteiger partial charge on any atom is -0.368 e. The Morgan fingerprint density at radius 1 is 0.850 bits per heavy atom. The van der Waals surface area contributed by atoms with Gasteiger partial charge in [-0.15, -0.1) is 0 Å². The van der Waals surface area contributed by atoms with E-state index in [4.69, 9.17) is 4.28 Å². The smallest absolute Gasteiger partial charge is 0.0849 e. The van der Waals surface area contributed by atoms with Gasteiger partial charge in [-0.25, -0.2) is 4.28 Å². The van der Waals surface area contributed by atoms with Crippen molar-refractivity contribution in [3.63, 3.8) is 0 Å². The van der Waals surface area contributed by atoms with Gasteiger partial charge in [-0.2, -0.15) is 0 Å². The summed E-state index contributed by atoms with van der Waals surface area (Å²) in [6, 6.07) is 18.1. The molecule has 2 rings (SSSR count). The molecule has 0 aliphatic carbocycles. The molecule has 0 atom stereocenters. The lowest BCUT2D eigenvalue weighted by atomic mass is 10.3. The summed E-state index contributed by atoms with van der Waals surface area (Å²) in [4.78, 5) is 0. The Kier molecular flexibility index (Phi) is 6.07. The second-order valence-electron chi connectivity index (χ2n) is 4.07. The minimum atomic E-state index is 0.680. The molecule has 0 aliphatic heterocycles. The monoisotopic (exact) mass is 289 g/mol. The molecule has 0 saturated heterocycles. The zero-order valence-corrected chi connectivity index (χ0v) is 12.2. The molecule has 2 aromatic carbocycles. The molecule has 0 fully saturated rings. The highest BCUT2D eigenvalue weighted by Gasteiger charge is 1.94. The highest BCUT2D eigenvalue weighted by molar-refractivity contribution is 7.94. The number of nitrogens with one attached hydrogen (secondary N) is 3. The van der Waals surface area contributed by atoms with E-state index in [9.17, 15) is 0 Å². The van der Waals surface area contributed by atoms with E-state index in [1.54, 1.807) is 0 Å². The van der Waals surface area contributed by atoms with E-state index in [1.807, 2.05) is 61.5 Å². The maximum atomic E-state index is 5.18. The maximum Gasteiger partial charge on any atom is 0.0849 e. The molecule has 0 amide bonds. The average Bonchev–Trinajstić information content (AvgIpc) is 2.50. The van der Waals surface area contributed by atoms with Crippen molar-refractivity contribution >= 4 is 29.1 Å². The van der Waals surface area contributed by atoms with E-state index in [0.717, 1.165) is 22.8 Å². The SMILES string of the molecule is CCSONc1ccc(NCNc2ccccc2)cc1. The second-order valence-corrected chi connectivity index (χ2v) is 5.05. The van der Waals surface area contributed by atoms with E-state index < -0.39 is 0 Å². The van der Waals surface area contributed by atoms with Crippen LogP contribution in [-0.4, -0.2) is 12.4 Å². The first-order chi connectivity index (χ1) is 9.88. The van der Waals surface area contributed by atoms with Crippen molar-refractivity contribution in [1.29, 1.82) is 0 Å². The fourth-order valence-electron chi connectivity index (χ4n) is 1.60. The Balaban J connectivity index is 1.73. The van der Waals surface area contributed by atoms with Crippen molar-refractivity contribution < 1.29 is 4.28 Å². The molecule has 4 nitrogen and oxygen atoms in total. The van der Waals surface area contributed by atoms with Gasteiger partial charge < -0.3 is 10.6 Å². The summed E-state index contributed by atoms with van der Waals surface area (Å²) >= 11 is 1.38. The first-order valence-corrected chi connectivity index (χ1v) is 7.47. The Bertz CT molecular complexity index is 490. The van der Waals surface area contributed by atoms with Crippen molar-refractivity contribution in [1.82, 2.24) is 0 Å². The number of para-hydroxylation sites is 1. The number of rotatable bonds is 8. The molecular formula is C15H19N3OS. The molecular weight excluding hydrogens is 270 g/mol. The van der Waals surface area contributed by atoms with Gasteiger partial charge in [0.1, 0.15) is 0 Å². The largest absolute Gasteiger partial charge is 0.368 e. The Morgan fingerprint density at radius 3 is 2.10 bits per heavy atom. The fraction of sp³-hybridized carbons (Fsp3) is 0.200. The first kappa shape index (κ1) is 14.6. The van der Waals surface area contributed by atoms with Crippen LogP contribution in [0.1, 0.15) is 6.92 Å². The summed E-state index contributed by atoms with van der Waals surface area (Å²) in [6.07, 6.45) is 0. The van der Waals surface area contributed by atoms with E-state index in [2.05, 4.69) is 16.1 Å². The van der Waals surface area contributed by atoms with Crippen molar-refractivity contribution in [2.24, 2.45) is 0 Å². The molecule has 0 aliphatic rings. The van der Waals surface area contributed by atoms with Crippen LogP contribution in [0.3, 0.4) is 0 Å². The summed E-state index contributed by atoms with van der Waals surface area (Å²) in [7, 11) is 0. The summed E-state index contributed by atoms with van der Waals surface area (Å²) in [6.45, 7) is 2.72. The highest BCUT2D eigenvalue weighted by atomic mass is 32.2. The molecule has 20 heavy (non-hydrogen) atoms. The lowest BCUT2D eigenvalue weighted by molar-refractivity contribution is 0.478. The van der Waals surface area contributed by atoms with Crippen LogP contribution in [0.2, 0.25) is 0 Å². The van der Waals surface area contributed by atoms with Gasteiger partial charge in [0.2, 0.25) is 0 Å². The lowest BCUT2D eigenvalue weighted by Crippen LogP contribution is -2.11. The normalized spacial score (nSPS) is 10.1. The Labute approximate surface area is 124 Å². The van der Waals surface area contributed by atoms with Gasteiger partial charge in [0.15, 0.2) is 0 Å². The standard InChI is InChI=1S/C15H19N3OS/c1-2-20-19-18-15-10-8-14(9-11-15)17-12-16-13-6-4-3-5-7-13/h3-11,16-18H,2,12H2,1H3. The fourth-order valence-corrected chi connectivity index (χ4v) is 1.87. The van der Waals surface area contributed by atoms with Crippen molar-refractivity contribution in [3.8, 4) is 0 Å². The predicted octanol–water partition coefficient (Wildman–Crippen LogP) is 4.18. The third kappa shape index (κ3) is 5.03. The van der Waals surface area contributed by atoms with E-state index in [-0.39, 0.29) is 0 Å². The minimum absolute atomic E-state index is 0.680. The summed E-state index contributed by atoms with van der Waals surface area (Å²) in [5.74, 6) is 0.914. The van der Waals surface area contributed by atoms with Crippen LogP contribution in [0.4, 0.5) is 17.1 Å². The number of anilines is 3. The third-order valence-corrected chi connectivity index (χ3v) is 3.02. The Hall–Kier alpha value is -1.85. The van der Waals surface area contributed by atoms with E-state index >= 15 is 0 Å². The van der Waals surface area contributed by atoms with Crippen LogP contribution >= 0.6 is 12.0 Å². The molecule has 5 heteroatoms. The third-order valence-electron chi connectivity index (χ3n) is 2.58. The number of hydrogen-bond donors (Lipinski definition) is 3. The van der Waals surface area contributed by atoms with Gasteiger partial charge in [0.05, 0.1) is 12.4 Å². The van der Waals surface area contributed by atoms with Gasteiger partial charge >= 0.3 is 0 Å². The van der Waals surface area contributed by atoms with Crippen LogP contribution in [0.5, 0.6) is 0 Å². The molecule has 0 spiro atoms. The van der Waals surface area contributed by atoms with E-state index in [1.165, 1.54) is 12.0 Å². The molecule has 106 valence electrons. The number of benzene rings is 2. The number of hydrogen-bond acceptors (Lipinski definition) is 5. The van der Waals surface area contributed by atoms with E-state index in [0.29, 0.717) is 6.67 Å². The Morgan fingerprint density at radius 2 is 1.45 bits per heavy atom. The first-order valence-electron chi connectivity index (χ1n) is 6.56. The van der Waals surface area contributed by atoms with Crippen LogP contribution in [-0.2, 0) is 4.28 Å². The molecule has 0 heterocycles. The van der Waals surface area contributed by atoms with Gasteiger partial charge in [-0.05, 0) is 36.4 Å². The van der Waals surface area contributed by atoms with Gasteiger partial charge in [0, 0.05) is 29.2 Å². The van der Waals surface area contributed by atoms with Crippen LogP contribution in [0, 0.1) is 0 Å². The predicted molar refractivity (Wildman–Crippen MR) is 87.8 cm³/mol. The molecule has 0 bridgehead atoms. The molecule has 0 saturated carbocycles. The molecule has 2 aromatic rings. The van der Waals surface area contributed by atoms with Crippen LogP contribution in [0.25, 0.3) is 0 Å². The van der Waals surface area contributed by atoms with Crippen LogP contribution in [0.15, 0.2) is 54.6 Å². The van der Waals surface area contributed by atoms with Crippen molar-refractivity contribution in [3.05, 3.63) is 54.6 Å². The van der Waals surface area contributed by atoms with Crippen molar-refractivity contribution in [2.45, 2.75) is 6.92 Å².